The van der Waals surface area contributed by atoms with Gasteiger partial charge in [-0.15, -0.1) is 0 Å². The number of aliphatic hydroxyl groups is 1. The Morgan fingerprint density at radius 1 is 1.34 bits per heavy atom. The molecule has 0 saturated carbocycles. The molecule has 1 aliphatic rings. The summed E-state index contributed by atoms with van der Waals surface area (Å²) >= 11 is 0. The topological polar surface area (TPSA) is 90.4 Å². The minimum Gasteiger partial charge on any atom is -0.487 e. The van der Waals surface area contributed by atoms with Crippen LogP contribution >= 0.6 is 0 Å². The number of hydrogen-bond acceptors (Lipinski definition) is 6. The Kier molecular flexibility index (Phi) is 9.10. The molecule has 178 valence electrons. The number of carbonyl (C=O) groups excluding carboxylic acids is 1. The first-order valence-electron chi connectivity index (χ1n) is 10.8. The van der Waals surface area contributed by atoms with E-state index < -0.39 is 22.2 Å². The minimum absolute atomic E-state index is 0.0143. The second-order valence-corrected chi connectivity index (χ2v) is 10.4. The molecule has 0 saturated heterocycles. The van der Waals surface area contributed by atoms with Gasteiger partial charge in [-0.1, -0.05) is 25.7 Å². The number of carbonyl (C=O) groups is 1. The highest BCUT2D eigenvalue weighted by Gasteiger charge is 2.38. The minimum atomic E-state index is -3.90. The summed E-state index contributed by atoms with van der Waals surface area (Å²) in [5.74, 6) is 6.07. The molecule has 1 aromatic carbocycles. The van der Waals surface area contributed by atoms with Crippen LogP contribution in [-0.2, 0) is 14.8 Å². The van der Waals surface area contributed by atoms with Crippen LogP contribution in [0, 0.1) is 17.8 Å². The Morgan fingerprint density at radius 2 is 2.03 bits per heavy atom. The number of amides is 1. The van der Waals surface area contributed by atoms with Crippen molar-refractivity contribution in [1.82, 2.24) is 14.1 Å². The number of fused-ring (bicyclic) bond motifs is 1. The lowest BCUT2D eigenvalue weighted by Gasteiger charge is -2.37. The molecule has 9 heteroatoms. The van der Waals surface area contributed by atoms with Crippen molar-refractivity contribution in [2.24, 2.45) is 5.92 Å². The molecule has 0 aliphatic carbocycles. The molecule has 8 nitrogen and oxygen atoms in total. The van der Waals surface area contributed by atoms with E-state index in [1.54, 1.807) is 37.9 Å². The summed E-state index contributed by atoms with van der Waals surface area (Å²) in [6, 6.07) is 4.22. The monoisotopic (exact) mass is 465 g/mol. The van der Waals surface area contributed by atoms with Crippen molar-refractivity contribution in [1.29, 1.82) is 0 Å². The van der Waals surface area contributed by atoms with Gasteiger partial charge in [0.1, 0.15) is 16.7 Å². The van der Waals surface area contributed by atoms with Crippen LogP contribution in [0.3, 0.4) is 0 Å². The predicted molar refractivity (Wildman–Crippen MR) is 124 cm³/mol. The van der Waals surface area contributed by atoms with Crippen molar-refractivity contribution in [3.63, 3.8) is 0 Å². The summed E-state index contributed by atoms with van der Waals surface area (Å²) in [7, 11) is 1.66. The molecule has 1 N–H and O–H groups in total. The van der Waals surface area contributed by atoms with E-state index in [4.69, 9.17) is 4.74 Å². The zero-order valence-electron chi connectivity index (χ0n) is 19.8. The Morgan fingerprint density at radius 3 is 2.62 bits per heavy atom. The van der Waals surface area contributed by atoms with Crippen LogP contribution < -0.4 is 4.74 Å². The van der Waals surface area contributed by atoms with Crippen molar-refractivity contribution in [3.05, 3.63) is 23.8 Å². The maximum absolute atomic E-state index is 13.4. The van der Waals surface area contributed by atoms with Gasteiger partial charge >= 0.3 is 0 Å². The quantitative estimate of drug-likeness (QED) is 0.636. The standard InChI is InChI=1S/C23H35N3O5S/c1-7-23(28)25(6)15-21-17(2)14-26(18(3)16-27)32(29,30)22-11-10-19(13-20(22)31-21)9-8-12-24(4)5/h10-11,13,17-18,21,27H,7,12,14-16H2,1-6H3/t17-,18-,21+/m0/s1. The third kappa shape index (κ3) is 6.23. The summed E-state index contributed by atoms with van der Waals surface area (Å²) < 4.78 is 34.5. The van der Waals surface area contributed by atoms with Gasteiger partial charge in [-0.3, -0.25) is 9.69 Å². The Bertz CT molecular complexity index is 968. The molecule has 0 aromatic heterocycles. The molecule has 1 amide bonds. The lowest BCUT2D eigenvalue weighted by atomic mass is 10.0. The highest BCUT2D eigenvalue weighted by atomic mass is 32.2. The molecule has 1 heterocycles. The van der Waals surface area contributed by atoms with Gasteiger partial charge in [0.25, 0.3) is 0 Å². The van der Waals surface area contributed by atoms with Crippen LogP contribution in [0.25, 0.3) is 0 Å². The number of nitrogens with zero attached hydrogens (tertiary/aromatic N) is 3. The van der Waals surface area contributed by atoms with Crippen molar-refractivity contribution in [2.75, 3.05) is 47.4 Å². The van der Waals surface area contributed by atoms with Gasteiger partial charge < -0.3 is 14.7 Å². The summed E-state index contributed by atoms with van der Waals surface area (Å²) in [6.07, 6.45) is -0.0508. The molecular formula is C23H35N3O5S. The molecule has 1 aliphatic heterocycles. The molecule has 3 atom stereocenters. The Hall–Kier alpha value is -2.12. The van der Waals surface area contributed by atoms with Crippen LogP contribution in [0.4, 0.5) is 0 Å². The first kappa shape index (κ1) is 26.1. The number of ether oxygens (including phenoxy) is 1. The summed E-state index contributed by atoms with van der Waals surface area (Å²) in [6.45, 7) is 6.14. The van der Waals surface area contributed by atoms with Crippen LogP contribution in [0.15, 0.2) is 23.1 Å². The average Bonchev–Trinajstić information content (AvgIpc) is 2.74. The third-order valence-corrected chi connectivity index (χ3v) is 7.50. The second kappa shape index (κ2) is 11.1. The van der Waals surface area contributed by atoms with E-state index in [0.29, 0.717) is 25.1 Å². The van der Waals surface area contributed by atoms with E-state index >= 15 is 0 Å². The second-order valence-electron chi connectivity index (χ2n) is 8.57. The van der Waals surface area contributed by atoms with Gasteiger partial charge in [0.05, 0.1) is 19.7 Å². The number of hydrogen-bond donors (Lipinski definition) is 1. The first-order valence-corrected chi connectivity index (χ1v) is 12.3. The molecular weight excluding hydrogens is 430 g/mol. The van der Waals surface area contributed by atoms with Crippen molar-refractivity contribution >= 4 is 15.9 Å². The van der Waals surface area contributed by atoms with Crippen molar-refractivity contribution in [3.8, 4) is 17.6 Å². The highest BCUT2D eigenvalue weighted by Crippen LogP contribution is 2.34. The van der Waals surface area contributed by atoms with E-state index in [2.05, 4.69) is 11.8 Å². The summed E-state index contributed by atoms with van der Waals surface area (Å²) in [5, 5.41) is 9.71. The van der Waals surface area contributed by atoms with E-state index in [-0.39, 0.29) is 35.6 Å². The molecule has 2 rings (SSSR count). The molecule has 0 bridgehead atoms. The Balaban J connectivity index is 2.55. The number of benzene rings is 1. The van der Waals surface area contributed by atoms with Gasteiger partial charge in [-0.2, -0.15) is 4.31 Å². The van der Waals surface area contributed by atoms with Crippen LogP contribution in [0.5, 0.6) is 5.75 Å². The first-order chi connectivity index (χ1) is 15.0. The molecule has 0 unspecified atom stereocenters. The fourth-order valence-corrected chi connectivity index (χ4v) is 5.29. The number of sulfonamides is 1. The maximum atomic E-state index is 13.4. The molecule has 1 aromatic rings. The van der Waals surface area contributed by atoms with Crippen LogP contribution in [0.2, 0.25) is 0 Å². The van der Waals surface area contributed by atoms with Crippen molar-refractivity contribution < 1.29 is 23.1 Å². The maximum Gasteiger partial charge on any atom is 0.247 e. The summed E-state index contributed by atoms with van der Waals surface area (Å²) in [4.78, 5) is 15.7. The lowest BCUT2D eigenvalue weighted by Crippen LogP contribution is -2.50. The zero-order chi connectivity index (χ0) is 24.1. The largest absolute Gasteiger partial charge is 0.487 e. The SMILES string of the molecule is CCC(=O)N(C)C[C@H]1Oc2cc(C#CCN(C)C)ccc2S(=O)(=O)N([C@@H](C)CO)C[C@@H]1C. The van der Waals surface area contributed by atoms with Gasteiger partial charge in [-0.25, -0.2) is 8.42 Å². The van der Waals surface area contributed by atoms with Gasteiger partial charge in [0.2, 0.25) is 15.9 Å². The predicted octanol–water partition coefficient (Wildman–Crippen LogP) is 1.24. The number of likely N-dealkylation sites (N-methyl/N-ethyl adjacent to an activating group) is 1. The van der Waals surface area contributed by atoms with E-state index in [1.165, 1.54) is 10.4 Å². The Labute approximate surface area is 192 Å². The molecule has 0 spiro atoms. The van der Waals surface area contributed by atoms with Crippen LogP contribution in [0.1, 0.15) is 32.8 Å². The van der Waals surface area contributed by atoms with Gasteiger partial charge in [0.15, 0.2) is 0 Å². The fourth-order valence-electron chi connectivity index (χ4n) is 3.46. The summed E-state index contributed by atoms with van der Waals surface area (Å²) in [5.41, 5.74) is 0.646. The van der Waals surface area contributed by atoms with Gasteiger partial charge in [-0.05, 0) is 39.2 Å². The molecule has 0 fully saturated rings. The van der Waals surface area contributed by atoms with E-state index in [0.717, 1.165) is 0 Å². The zero-order valence-corrected chi connectivity index (χ0v) is 20.6. The normalized spacial score (nSPS) is 21.4. The third-order valence-electron chi connectivity index (χ3n) is 5.48. The molecule has 0 radical (unpaired) electrons. The number of rotatable bonds is 6. The van der Waals surface area contributed by atoms with E-state index in [9.17, 15) is 18.3 Å². The highest BCUT2D eigenvalue weighted by molar-refractivity contribution is 7.89. The molecule has 32 heavy (non-hydrogen) atoms. The fraction of sp³-hybridized carbons (Fsp3) is 0.609. The van der Waals surface area contributed by atoms with E-state index in [1.807, 2.05) is 25.9 Å². The van der Waals surface area contributed by atoms with Gasteiger partial charge in [0, 0.05) is 37.5 Å². The number of aliphatic hydroxyl groups excluding tert-OH is 1. The lowest BCUT2D eigenvalue weighted by molar-refractivity contribution is -0.131. The van der Waals surface area contributed by atoms with Crippen LogP contribution in [-0.4, -0.2) is 93.1 Å². The van der Waals surface area contributed by atoms with Crippen molar-refractivity contribution in [2.45, 2.75) is 44.2 Å². The smallest absolute Gasteiger partial charge is 0.247 e. The average molecular weight is 466 g/mol.